The van der Waals surface area contributed by atoms with Crippen LogP contribution in [0.15, 0.2) is 12.4 Å². The first-order valence-corrected chi connectivity index (χ1v) is 4.32. The molecule has 0 aromatic carbocycles. The monoisotopic (exact) mass is 180 g/mol. The number of aromatic nitrogens is 4. The normalized spacial score (nSPS) is 10.5. The Balaban J connectivity index is 2.43. The fourth-order valence-corrected chi connectivity index (χ4v) is 1.45. The van der Waals surface area contributed by atoms with Gasteiger partial charge in [-0.25, -0.2) is 4.98 Å². The second-order valence-corrected chi connectivity index (χ2v) is 3.50. The van der Waals surface area contributed by atoms with E-state index in [9.17, 15) is 0 Å². The van der Waals surface area contributed by atoms with Gasteiger partial charge >= 0.3 is 0 Å². The third-order valence-corrected chi connectivity index (χ3v) is 2.11. The number of nitrogens with zero attached hydrogens (tertiary/aromatic N) is 4. The summed E-state index contributed by atoms with van der Waals surface area (Å²) in [6, 6.07) is 0. The van der Waals surface area contributed by atoms with Gasteiger partial charge in [0.25, 0.3) is 0 Å². The lowest BCUT2D eigenvalue weighted by atomic mass is 10.3. The van der Waals surface area contributed by atoms with Crippen molar-refractivity contribution in [3.8, 4) is 11.4 Å². The van der Waals surface area contributed by atoms with E-state index >= 15 is 0 Å². The molecule has 0 unspecified atom stereocenters. The van der Waals surface area contributed by atoms with Gasteiger partial charge in [-0.3, -0.25) is 4.68 Å². The number of hydrogen-bond donors (Lipinski definition) is 0. The number of aryl methyl sites for hydroxylation is 2. The van der Waals surface area contributed by atoms with Gasteiger partial charge in [0.15, 0.2) is 5.82 Å². The van der Waals surface area contributed by atoms with Crippen molar-refractivity contribution >= 4 is 11.5 Å². The van der Waals surface area contributed by atoms with Crippen molar-refractivity contribution in [3.63, 3.8) is 0 Å². The fraction of sp³-hybridized carbons (Fsp3) is 0.286. The zero-order chi connectivity index (χ0) is 8.55. The van der Waals surface area contributed by atoms with E-state index in [0.29, 0.717) is 0 Å². The molecule has 0 saturated carbocycles. The highest BCUT2D eigenvalue weighted by Crippen LogP contribution is 2.15. The van der Waals surface area contributed by atoms with E-state index in [1.807, 2.05) is 20.2 Å². The quantitative estimate of drug-likeness (QED) is 0.663. The van der Waals surface area contributed by atoms with Gasteiger partial charge in [-0.05, 0) is 18.5 Å². The van der Waals surface area contributed by atoms with Crippen LogP contribution in [0.1, 0.15) is 5.01 Å². The number of rotatable bonds is 1. The summed E-state index contributed by atoms with van der Waals surface area (Å²) < 4.78 is 5.92. The van der Waals surface area contributed by atoms with Crippen molar-refractivity contribution in [3.05, 3.63) is 17.4 Å². The lowest BCUT2D eigenvalue weighted by Gasteiger charge is -1.84. The van der Waals surface area contributed by atoms with Crippen LogP contribution in [-0.2, 0) is 7.05 Å². The minimum atomic E-state index is 0.769. The van der Waals surface area contributed by atoms with Gasteiger partial charge in [0.1, 0.15) is 5.01 Å². The Morgan fingerprint density at radius 1 is 1.50 bits per heavy atom. The molecule has 0 spiro atoms. The first-order valence-electron chi connectivity index (χ1n) is 3.55. The zero-order valence-corrected chi connectivity index (χ0v) is 7.67. The predicted molar refractivity (Wildman–Crippen MR) is 46.8 cm³/mol. The molecule has 0 atom stereocenters. The lowest BCUT2D eigenvalue weighted by molar-refractivity contribution is 0.768. The Morgan fingerprint density at radius 2 is 2.33 bits per heavy atom. The van der Waals surface area contributed by atoms with Crippen molar-refractivity contribution in [2.75, 3.05) is 0 Å². The molecule has 2 heterocycles. The first kappa shape index (κ1) is 7.42. The second kappa shape index (κ2) is 2.67. The SMILES string of the molecule is Cc1nc(-c2cnn(C)c2)ns1. The molecule has 12 heavy (non-hydrogen) atoms. The summed E-state index contributed by atoms with van der Waals surface area (Å²) in [4.78, 5) is 4.25. The smallest absolute Gasteiger partial charge is 0.176 e. The van der Waals surface area contributed by atoms with E-state index in [0.717, 1.165) is 16.4 Å². The predicted octanol–water partition coefficient (Wildman–Crippen LogP) is 1.25. The summed E-state index contributed by atoms with van der Waals surface area (Å²) in [6.45, 7) is 1.94. The summed E-state index contributed by atoms with van der Waals surface area (Å²) in [5, 5.41) is 5.02. The average Bonchev–Trinajstić information content (AvgIpc) is 2.58. The summed E-state index contributed by atoms with van der Waals surface area (Å²) in [5.41, 5.74) is 0.974. The van der Waals surface area contributed by atoms with Crippen molar-refractivity contribution < 1.29 is 0 Å². The van der Waals surface area contributed by atoms with Crippen LogP contribution < -0.4 is 0 Å². The maximum atomic E-state index is 4.25. The molecule has 2 aromatic heterocycles. The Morgan fingerprint density at radius 3 is 2.83 bits per heavy atom. The highest BCUT2D eigenvalue weighted by Gasteiger charge is 2.04. The molecule has 2 rings (SSSR count). The van der Waals surface area contributed by atoms with Crippen LogP contribution in [-0.4, -0.2) is 19.1 Å². The molecule has 0 fully saturated rings. The molecule has 62 valence electrons. The summed E-state index contributed by atoms with van der Waals surface area (Å²) >= 11 is 1.41. The van der Waals surface area contributed by atoms with Gasteiger partial charge in [-0.15, -0.1) is 0 Å². The Bertz CT molecular complexity index is 351. The van der Waals surface area contributed by atoms with Crippen LogP contribution in [0.2, 0.25) is 0 Å². The average molecular weight is 180 g/mol. The van der Waals surface area contributed by atoms with Crippen LogP contribution in [0.5, 0.6) is 0 Å². The Labute approximate surface area is 74.0 Å². The van der Waals surface area contributed by atoms with E-state index in [4.69, 9.17) is 0 Å². The van der Waals surface area contributed by atoms with Crippen molar-refractivity contribution in [1.29, 1.82) is 0 Å². The molecule has 0 bridgehead atoms. The van der Waals surface area contributed by atoms with Gasteiger partial charge in [0.05, 0.1) is 11.8 Å². The highest BCUT2D eigenvalue weighted by molar-refractivity contribution is 7.05. The minimum Gasteiger partial charge on any atom is -0.275 e. The molecule has 0 radical (unpaired) electrons. The Kier molecular flexibility index (Phi) is 1.65. The third kappa shape index (κ3) is 1.23. The zero-order valence-electron chi connectivity index (χ0n) is 6.85. The minimum absolute atomic E-state index is 0.769. The highest BCUT2D eigenvalue weighted by atomic mass is 32.1. The van der Waals surface area contributed by atoms with Gasteiger partial charge in [0, 0.05) is 13.2 Å². The molecule has 4 nitrogen and oxygen atoms in total. The molecular weight excluding hydrogens is 172 g/mol. The summed E-state index contributed by atoms with van der Waals surface area (Å²) in [6.07, 6.45) is 3.67. The lowest BCUT2D eigenvalue weighted by Crippen LogP contribution is -1.84. The van der Waals surface area contributed by atoms with Gasteiger partial charge < -0.3 is 0 Å². The van der Waals surface area contributed by atoms with Crippen LogP contribution in [0.4, 0.5) is 0 Å². The largest absolute Gasteiger partial charge is 0.275 e. The van der Waals surface area contributed by atoms with Crippen molar-refractivity contribution in [2.45, 2.75) is 6.92 Å². The molecule has 0 aliphatic carbocycles. The number of hydrogen-bond acceptors (Lipinski definition) is 4. The Hall–Kier alpha value is -1.23. The van der Waals surface area contributed by atoms with Gasteiger partial charge in [-0.1, -0.05) is 0 Å². The summed E-state index contributed by atoms with van der Waals surface area (Å²) in [7, 11) is 1.88. The van der Waals surface area contributed by atoms with Crippen LogP contribution in [0.3, 0.4) is 0 Å². The van der Waals surface area contributed by atoms with Gasteiger partial charge in [-0.2, -0.15) is 9.47 Å². The molecule has 2 aromatic rings. The maximum Gasteiger partial charge on any atom is 0.176 e. The van der Waals surface area contributed by atoms with E-state index in [1.165, 1.54) is 11.5 Å². The molecule has 0 N–H and O–H groups in total. The molecule has 5 heteroatoms. The van der Waals surface area contributed by atoms with Gasteiger partial charge in [0.2, 0.25) is 0 Å². The topological polar surface area (TPSA) is 43.6 Å². The maximum absolute atomic E-state index is 4.25. The first-order chi connectivity index (χ1) is 5.75. The van der Waals surface area contributed by atoms with Crippen LogP contribution in [0, 0.1) is 6.92 Å². The van der Waals surface area contributed by atoms with Crippen LogP contribution >= 0.6 is 11.5 Å². The molecule has 0 aliphatic heterocycles. The van der Waals surface area contributed by atoms with E-state index in [1.54, 1.807) is 10.9 Å². The molecule has 0 amide bonds. The van der Waals surface area contributed by atoms with E-state index in [-0.39, 0.29) is 0 Å². The molecule has 0 saturated heterocycles. The standard InChI is InChI=1S/C7H8N4S/c1-5-9-7(10-12-5)6-3-8-11(2)4-6/h3-4H,1-2H3. The van der Waals surface area contributed by atoms with Crippen LogP contribution in [0.25, 0.3) is 11.4 Å². The third-order valence-electron chi connectivity index (χ3n) is 1.49. The van der Waals surface area contributed by atoms with Crippen molar-refractivity contribution in [1.82, 2.24) is 19.1 Å². The molecular formula is C7H8N4S. The second-order valence-electron chi connectivity index (χ2n) is 2.54. The van der Waals surface area contributed by atoms with E-state index < -0.39 is 0 Å². The summed E-state index contributed by atoms with van der Waals surface area (Å²) in [5.74, 6) is 0.769. The van der Waals surface area contributed by atoms with Crippen molar-refractivity contribution in [2.24, 2.45) is 7.05 Å². The fourth-order valence-electron chi connectivity index (χ4n) is 0.953. The van der Waals surface area contributed by atoms with E-state index in [2.05, 4.69) is 14.5 Å². The molecule has 0 aliphatic rings.